The molecule has 0 spiro atoms. The summed E-state index contributed by atoms with van der Waals surface area (Å²) in [6.45, 7) is 3.10. The molecule has 13 heavy (non-hydrogen) atoms. The van der Waals surface area contributed by atoms with Gasteiger partial charge in [-0.15, -0.1) is 0 Å². The molecule has 3 heteroatoms. The Hall–Kier alpha value is -0.0500. The van der Waals surface area contributed by atoms with Crippen LogP contribution in [0.5, 0.6) is 0 Å². The Kier molecular flexibility index (Phi) is 4.78. The standard InChI is InChI=1S/C10H18BrNO/c1-2-3-6-10(13)12-7-4-5-9(12)8-11/h9H,2-8H2,1H3. The van der Waals surface area contributed by atoms with E-state index >= 15 is 0 Å². The van der Waals surface area contributed by atoms with Gasteiger partial charge in [-0.3, -0.25) is 4.79 Å². The fourth-order valence-corrected chi connectivity index (χ4v) is 2.47. The fourth-order valence-electron chi connectivity index (χ4n) is 1.80. The van der Waals surface area contributed by atoms with E-state index in [4.69, 9.17) is 0 Å². The number of hydrogen-bond acceptors (Lipinski definition) is 1. The van der Waals surface area contributed by atoms with E-state index in [9.17, 15) is 4.79 Å². The summed E-state index contributed by atoms with van der Waals surface area (Å²) >= 11 is 3.46. The summed E-state index contributed by atoms with van der Waals surface area (Å²) in [6.07, 6.45) is 5.22. The van der Waals surface area contributed by atoms with Gasteiger partial charge in [0.1, 0.15) is 0 Å². The van der Waals surface area contributed by atoms with E-state index in [1.807, 2.05) is 4.90 Å². The van der Waals surface area contributed by atoms with Crippen LogP contribution in [0.4, 0.5) is 0 Å². The highest BCUT2D eigenvalue weighted by Gasteiger charge is 2.26. The normalized spacial score (nSPS) is 22.3. The third-order valence-corrected chi connectivity index (χ3v) is 3.37. The Balaban J connectivity index is 2.36. The molecule has 1 heterocycles. The third-order valence-electron chi connectivity index (χ3n) is 2.62. The van der Waals surface area contributed by atoms with Crippen LogP contribution in [0.3, 0.4) is 0 Å². The predicted octanol–water partition coefficient (Wildman–Crippen LogP) is 2.56. The summed E-state index contributed by atoms with van der Waals surface area (Å²) in [7, 11) is 0. The summed E-state index contributed by atoms with van der Waals surface area (Å²) in [4.78, 5) is 13.7. The summed E-state index contributed by atoms with van der Waals surface area (Å²) in [5.41, 5.74) is 0. The molecule has 1 atom stereocenters. The van der Waals surface area contributed by atoms with Gasteiger partial charge in [0.05, 0.1) is 0 Å². The molecule has 0 saturated carbocycles. The van der Waals surface area contributed by atoms with Crippen LogP contribution in [0.15, 0.2) is 0 Å². The molecule has 1 amide bonds. The quantitative estimate of drug-likeness (QED) is 0.700. The van der Waals surface area contributed by atoms with Crippen LogP contribution in [0.25, 0.3) is 0 Å². The number of carbonyl (C=O) groups excluding carboxylic acids is 1. The average Bonchev–Trinajstić information content (AvgIpc) is 2.61. The van der Waals surface area contributed by atoms with Gasteiger partial charge in [0.2, 0.25) is 5.91 Å². The van der Waals surface area contributed by atoms with E-state index in [1.165, 1.54) is 12.8 Å². The second-order valence-electron chi connectivity index (χ2n) is 3.64. The third kappa shape index (κ3) is 2.97. The van der Waals surface area contributed by atoms with Crippen molar-refractivity contribution in [1.29, 1.82) is 0 Å². The highest BCUT2D eigenvalue weighted by molar-refractivity contribution is 9.09. The van der Waals surface area contributed by atoms with Crippen LogP contribution >= 0.6 is 15.9 Å². The molecule has 1 unspecified atom stereocenters. The minimum atomic E-state index is 0.351. The fraction of sp³-hybridized carbons (Fsp3) is 0.900. The molecule has 0 aromatic rings. The monoisotopic (exact) mass is 247 g/mol. The molecule has 1 rings (SSSR count). The first-order chi connectivity index (χ1) is 6.29. The number of hydrogen-bond donors (Lipinski definition) is 0. The van der Waals surface area contributed by atoms with Gasteiger partial charge in [-0.05, 0) is 19.3 Å². The topological polar surface area (TPSA) is 20.3 Å². The molecule has 2 nitrogen and oxygen atoms in total. The van der Waals surface area contributed by atoms with E-state index in [0.29, 0.717) is 11.9 Å². The minimum absolute atomic E-state index is 0.351. The number of nitrogens with zero attached hydrogens (tertiary/aromatic N) is 1. The number of amides is 1. The van der Waals surface area contributed by atoms with Crippen molar-refractivity contribution in [1.82, 2.24) is 4.90 Å². The lowest BCUT2D eigenvalue weighted by Gasteiger charge is -2.22. The maximum Gasteiger partial charge on any atom is 0.222 e. The largest absolute Gasteiger partial charge is 0.339 e. The van der Waals surface area contributed by atoms with Crippen molar-refractivity contribution >= 4 is 21.8 Å². The zero-order chi connectivity index (χ0) is 9.68. The lowest BCUT2D eigenvalue weighted by Crippen LogP contribution is -2.36. The van der Waals surface area contributed by atoms with Gasteiger partial charge in [-0.2, -0.15) is 0 Å². The van der Waals surface area contributed by atoms with Gasteiger partial charge >= 0.3 is 0 Å². The molecule has 0 aliphatic carbocycles. The molecule has 1 fully saturated rings. The van der Waals surface area contributed by atoms with Gasteiger partial charge in [0.25, 0.3) is 0 Å². The molecular formula is C10H18BrNO. The molecule has 0 N–H and O–H groups in total. The van der Waals surface area contributed by atoms with Crippen molar-refractivity contribution in [3.8, 4) is 0 Å². The Labute approximate surface area is 88.8 Å². The second-order valence-corrected chi connectivity index (χ2v) is 4.29. The van der Waals surface area contributed by atoms with Crippen molar-refractivity contribution in [2.24, 2.45) is 0 Å². The van der Waals surface area contributed by atoms with Crippen LogP contribution < -0.4 is 0 Å². The number of halogens is 1. The summed E-state index contributed by atoms with van der Waals surface area (Å²) in [5.74, 6) is 0.351. The zero-order valence-electron chi connectivity index (χ0n) is 8.26. The van der Waals surface area contributed by atoms with Crippen LogP contribution in [0.2, 0.25) is 0 Å². The maximum absolute atomic E-state index is 11.7. The van der Waals surface area contributed by atoms with Crippen LogP contribution in [-0.4, -0.2) is 28.7 Å². The molecule has 0 aromatic heterocycles. The molecular weight excluding hydrogens is 230 g/mol. The number of unbranched alkanes of at least 4 members (excludes halogenated alkanes) is 1. The van der Waals surface area contributed by atoms with Crippen molar-refractivity contribution in [2.45, 2.75) is 45.1 Å². The van der Waals surface area contributed by atoms with E-state index < -0.39 is 0 Å². The number of carbonyl (C=O) groups is 1. The SMILES string of the molecule is CCCCC(=O)N1CCCC1CBr. The molecule has 1 saturated heterocycles. The second kappa shape index (κ2) is 5.63. The first-order valence-electron chi connectivity index (χ1n) is 5.15. The highest BCUT2D eigenvalue weighted by atomic mass is 79.9. The Bertz CT molecular complexity index is 172. The van der Waals surface area contributed by atoms with Crippen LogP contribution in [0, 0.1) is 0 Å². The maximum atomic E-state index is 11.7. The van der Waals surface area contributed by atoms with E-state index in [1.54, 1.807) is 0 Å². The summed E-state index contributed by atoms with van der Waals surface area (Å²) < 4.78 is 0. The smallest absolute Gasteiger partial charge is 0.222 e. The Morgan fingerprint density at radius 2 is 2.38 bits per heavy atom. The highest BCUT2D eigenvalue weighted by Crippen LogP contribution is 2.20. The van der Waals surface area contributed by atoms with Gasteiger partial charge in [-0.1, -0.05) is 29.3 Å². The summed E-state index contributed by atoms with van der Waals surface area (Å²) in [6, 6.07) is 0.462. The van der Waals surface area contributed by atoms with Crippen LogP contribution in [-0.2, 0) is 4.79 Å². The van der Waals surface area contributed by atoms with Crippen molar-refractivity contribution in [3.63, 3.8) is 0 Å². The molecule has 0 bridgehead atoms. The van der Waals surface area contributed by atoms with Crippen molar-refractivity contribution in [3.05, 3.63) is 0 Å². The van der Waals surface area contributed by atoms with Crippen molar-refractivity contribution in [2.75, 3.05) is 11.9 Å². The van der Waals surface area contributed by atoms with Gasteiger partial charge in [-0.25, -0.2) is 0 Å². The van der Waals surface area contributed by atoms with Gasteiger partial charge in [0, 0.05) is 24.3 Å². The molecule has 0 radical (unpaired) electrons. The number of likely N-dealkylation sites (tertiary alicyclic amines) is 1. The van der Waals surface area contributed by atoms with E-state index in [0.717, 1.165) is 31.1 Å². The van der Waals surface area contributed by atoms with E-state index in [2.05, 4.69) is 22.9 Å². The molecule has 0 aromatic carbocycles. The number of alkyl halides is 1. The predicted molar refractivity (Wildman–Crippen MR) is 58.1 cm³/mol. The first kappa shape index (κ1) is 11.0. The van der Waals surface area contributed by atoms with Gasteiger partial charge in [0.15, 0.2) is 0 Å². The lowest BCUT2D eigenvalue weighted by molar-refractivity contribution is -0.131. The number of rotatable bonds is 4. The minimum Gasteiger partial charge on any atom is -0.339 e. The Morgan fingerprint density at radius 3 is 3.00 bits per heavy atom. The molecule has 1 aliphatic heterocycles. The molecule has 1 aliphatic rings. The van der Waals surface area contributed by atoms with E-state index in [-0.39, 0.29) is 0 Å². The van der Waals surface area contributed by atoms with Gasteiger partial charge < -0.3 is 4.90 Å². The van der Waals surface area contributed by atoms with Crippen molar-refractivity contribution < 1.29 is 4.79 Å². The van der Waals surface area contributed by atoms with Crippen LogP contribution in [0.1, 0.15) is 39.0 Å². The lowest BCUT2D eigenvalue weighted by atomic mass is 10.2. The Morgan fingerprint density at radius 1 is 1.62 bits per heavy atom. The summed E-state index contributed by atoms with van der Waals surface area (Å²) in [5, 5.41) is 0.935. The average molecular weight is 248 g/mol. The first-order valence-corrected chi connectivity index (χ1v) is 6.27. The molecule has 76 valence electrons. The zero-order valence-corrected chi connectivity index (χ0v) is 9.85.